The first-order valence-corrected chi connectivity index (χ1v) is 14.3. The molecule has 0 bridgehead atoms. The van der Waals surface area contributed by atoms with E-state index >= 15 is 0 Å². The van der Waals surface area contributed by atoms with Gasteiger partial charge in [0.05, 0.1) is 43.6 Å². The van der Waals surface area contributed by atoms with E-state index in [-0.39, 0.29) is 18.9 Å². The minimum absolute atomic E-state index is 0.0603. The van der Waals surface area contributed by atoms with Crippen molar-refractivity contribution in [1.82, 2.24) is 15.1 Å². The number of esters is 1. The van der Waals surface area contributed by atoms with Crippen LogP contribution in [0.2, 0.25) is 0 Å². The summed E-state index contributed by atoms with van der Waals surface area (Å²) in [5.41, 5.74) is 4.75. The number of ether oxygens (including phenoxy) is 2. The van der Waals surface area contributed by atoms with Crippen LogP contribution in [0.4, 0.5) is 0 Å². The quantitative estimate of drug-likeness (QED) is 0.474. The number of carbonyl (C=O) groups excluding carboxylic acids is 2. The summed E-state index contributed by atoms with van der Waals surface area (Å²) in [5, 5.41) is 5.78. The van der Waals surface area contributed by atoms with Gasteiger partial charge in [-0.1, -0.05) is 71.9 Å². The Morgan fingerprint density at radius 3 is 2.67 bits per heavy atom. The summed E-state index contributed by atoms with van der Waals surface area (Å²) < 4.78 is 11.0. The number of nitrogens with one attached hydrogen (secondary N) is 1. The smallest absolute Gasteiger partial charge is 0.338 e. The van der Waals surface area contributed by atoms with Crippen LogP contribution in [0.15, 0.2) is 76.3 Å². The number of fused-ring (bicyclic) bond motifs is 1. The van der Waals surface area contributed by atoms with Crippen LogP contribution in [0, 0.1) is 6.92 Å². The first-order chi connectivity index (χ1) is 19.0. The number of amides is 1. The lowest BCUT2D eigenvalue weighted by Crippen LogP contribution is -2.42. The topological polar surface area (TPSA) is 83.5 Å². The Morgan fingerprint density at radius 1 is 1.13 bits per heavy atom. The van der Waals surface area contributed by atoms with Crippen molar-refractivity contribution in [3.8, 4) is 0 Å². The second-order valence-electron chi connectivity index (χ2n) is 9.64. The van der Waals surface area contributed by atoms with Gasteiger partial charge in [0.2, 0.25) is 5.91 Å². The number of hydrogen-bond donors (Lipinski definition) is 1. The van der Waals surface area contributed by atoms with Gasteiger partial charge in [0.15, 0.2) is 5.17 Å². The van der Waals surface area contributed by atoms with E-state index in [1.54, 1.807) is 6.92 Å². The number of amidine groups is 1. The van der Waals surface area contributed by atoms with Crippen LogP contribution >= 0.6 is 11.8 Å². The molecule has 1 unspecified atom stereocenters. The SMILES string of the molecule is CCOC(=O)C1=C(c2ccccc2)N=C2SC=C(CC(=O)NCCN3CCOCC3)N2C1c1cccc(C)c1. The van der Waals surface area contributed by atoms with E-state index in [0.717, 1.165) is 60.4 Å². The standard InChI is InChI=1S/C30H34N4O4S/c1-3-38-29(36)26-27(22-9-5-4-6-10-22)32-30-34(28(26)23-11-7-8-21(2)18-23)24(20-39-30)19-25(35)31-12-13-33-14-16-37-17-15-33/h4-11,18,20,28H,3,12-17,19H2,1-2H3,(H,31,35). The highest BCUT2D eigenvalue weighted by Gasteiger charge is 2.42. The van der Waals surface area contributed by atoms with Crippen molar-refractivity contribution in [2.45, 2.75) is 26.3 Å². The molecular weight excluding hydrogens is 512 g/mol. The van der Waals surface area contributed by atoms with Crippen molar-refractivity contribution in [3.05, 3.63) is 88.0 Å². The minimum Gasteiger partial charge on any atom is -0.463 e. The predicted octanol–water partition coefficient (Wildman–Crippen LogP) is 4.11. The molecule has 0 aromatic heterocycles. The monoisotopic (exact) mass is 546 g/mol. The predicted molar refractivity (Wildman–Crippen MR) is 154 cm³/mol. The van der Waals surface area contributed by atoms with E-state index in [4.69, 9.17) is 14.5 Å². The summed E-state index contributed by atoms with van der Waals surface area (Å²) in [4.78, 5) is 35.9. The molecule has 204 valence electrons. The number of nitrogens with zero attached hydrogens (tertiary/aromatic N) is 3. The third-order valence-corrected chi connectivity index (χ3v) is 7.79. The van der Waals surface area contributed by atoms with E-state index in [2.05, 4.69) is 16.3 Å². The van der Waals surface area contributed by atoms with Gasteiger partial charge in [-0.05, 0) is 24.8 Å². The number of rotatable bonds is 9. The molecule has 2 aromatic carbocycles. The largest absolute Gasteiger partial charge is 0.463 e. The molecule has 0 aliphatic carbocycles. The number of carbonyl (C=O) groups is 2. The van der Waals surface area contributed by atoms with Crippen molar-refractivity contribution in [2.75, 3.05) is 46.0 Å². The second-order valence-corrected chi connectivity index (χ2v) is 10.5. The maximum Gasteiger partial charge on any atom is 0.338 e. The van der Waals surface area contributed by atoms with Gasteiger partial charge in [-0.25, -0.2) is 9.79 Å². The van der Waals surface area contributed by atoms with Gasteiger partial charge in [-0.15, -0.1) is 0 Å². The third kappa shape index (κ3) is 6.27. The summed E-state index contributed by atoms with van der Waals surface area (Å²) in [5.74, 6) is -0.466. The number of hydrogen-bond acceptors (Lipinski definition) is 8. The fourth-order valence-corrected chi connectivity index (χ4v) is 5.97. The van der Waals surface area contributed by atoms with E-state index in [1.807, 2.05) is 65.8 Å². The molecule has 3 aliphatic heterocycles. The van der Waals surface area contributed by atoms with Crippen LogP contribution in [0.1, 0.15) is 36.1 Å². The number of morpholine rings is 1. The van der Waals surface area contributed by atoms with Crippen LogP contribution < -0.4 is 5.32 Å². The van der Waals surface area contributed by atoms with Crippen LogP contribution in [-0.2, 0) is 19.1 Å². The number of benzene rings is 2. The number of thioether (sulfide) groups is 1. The van der Waals surface area contributed by atoms with Gasteiger partial charge in [0.1, 0.15) is 0 Å². The van der Waals surface area contributed by atoms with Gasteiger partial charge in [0.25, 0.3) is 0 Å². The molecule has 5 rings (SSSR count). The Hall–Kier alpha value is -3.40. The van der Waals surface area contributed by atoms with Gasteiger partial charge in [-0.3, -0.25) is 9.69 Å². The molecule has 1 saturated heterocycles. The molecule has 3 heterocycles. The van der Waals surface area contributed by atoms with Crippen molar-refractivity contribution in [3.63, 3.8) is 0 Å². The molecule has 1 N–H and O–H groups in total. The van der Waals surface area contributed by atoms with Crippen LogP contribution in [0.25, 0.3) is 5.70 Å². The highest BCUT2D eigenvalue weighted by Crippen LogP contribution is 2.47. The molecule has 3 aliphatic rings. The van der Waals surface area contributed by atoms with Crippen molar-refractivity contribution in [2.24, 2.45) is 4.99 Å². The Balaban J connectivity index is 1.45. The average molecular weight is 547 g/mol. The molecule has 9 heteroatoms. The first kappa shape index (κ1) is 27.2. The highest BCUT2D eigenvalue weighted by atomic mass is 32.2. The lowest BCUT2D eigenvalue weighted by molar-refractivity contribution is -0.139. The minimum atomic E-state index is -0.478. The summed E-state index contributed by atoms with van der Waals surface area (Å²) in [6.45, 7) is 8.70. The van der Waals surface area contributed by atoms with Gasteiger partial charge < -0.3 is 19.7 Å². The summed E-state index contributed by atoms with van der Waals surface area (Å²) in [7, 11) is 0. The summed E-state index contributed by atoms with van der Waals surface area (Å²) in [6, 6.07) is 17.4. The van der Waals surface area contributed by atoms with Crippen LogP contribution in [0.5, 0.6) is 0 Å². The molecule has 0 saturated carbocycles. The van der Waals surface area contributed by atoms with E-state index in [9.17, 15) is 9.59 Å². The van der Waals surface area contributed by atoms with Crippen molar-refractivity contribution in [1.29, 1.82) is 0 Å². The maximum atomic E-state index is 13.6. The highest BCUT2D eigenvalue weighted by molar-refractivity contribution is 8.16. The number of aliphatic imine (C=N–C) groups is 1. The van der Waals surface area contributed by atoms with E-state index in [0.29, 0.717) is 17.8 Å². The second kappa shape index (κ2) is 12.6. The normalized spacial score (nSPS) is 19.3. The molecule has 0 spiro atoms. The fourth-order valence-electron chi connectivity index (χ4n) is 5.05. The molecule has 1 amide bonds. The molecule has 2 aromatic rings. The van der Waals surface area contributed by atoms with Gasteiger partial charge in [-0.2, -0.15) is 0 Å². The first-order valence-electron chi connectivity index (χ1n) is 13.4. The molecule has 1 atom stereocenters. The Labute approximate surface area is 233 Å². The molecular formula is C30H34N4O4S. The average Bonchev–Trinajstić information content (AvgIpc) is 3.35. The van der Waals surface area contributed by atoms with Crippen molar-refractivity contribution >= 4 is 34.5 Å². The molecule has 1 fully saturated rings. The summed E-state index contributed by atoms with van der Waals surface area (Å²) in [6.07, 6.45) is 0.189. The maximum absolute atomic E-state index is 13.6. The molecule has 0 radical (unpaired) electrons. The Kier molecular flexibility index (Phi) is 8.81. The lowest BCUT2D eigenvalue weighted by Gasteiger charge is -2.37. The molecule has 8 nitrogen and oxygen atoms in total. The Bertz CT molecular complexity index is 1300. The lowest BCUT2D eigenvalue weighted by atomic mass is 9.90. The fraction of sp³-hybridized carbons (Fsp3) is 0.367. The van der Waals surface area contributed by atoms with Crippen LogP contribution in [-0.4, -0.2) is 72.8 Å². The molecule has 39 heavy (non-hydrogen) atoms. The zero-order valence-electron chi connectivity index (χ0n) is 22.4. The third-order valence-electron chi connectivity index (χ3n) is 6.91. The van der Waals surface area contributed by atoms with Gasteiger partial charge >= 0.3 is 5.97 Å². The van der Waals surface area contributed by atoms with Crippen molar-refractivity contribution < 1.29 is 19.1 Å². The van der Waals surface area contributed by atoms with E-state index in [1.165, 1.54) is 11.8 Å². The zero-order valence-corrected chi connectivity index (χ0v) is 23.2. The van der Waals surface area contributed by atoms with E-state index < -0.39 is 12.0 Å². The van der Waals surface area contributed by atoms with Gasteiger partial charge in [0, 0.05) is 37.4 Å². The Morgan fingerprint density at radius 2 is 1.92 bits per heavy atom. The summed E-state index contributed by atoms with van der Waals surface area (Å²) >= 11 is 1.48. The zero-order chi connectivity index (χ0) is 27.2. The van der Waals surface area contributed by atoms with Crippen LogP contribution in [0.3, 0.4) is 0 Å². The number of aryl methyl sites for hydroxylation is 1.